The monoisotopic (exact) mass is 244 g/mol. The van der Waals surface area contributed by atoms with Gasteiger partial charge in [-0.15, -0.1) is 0 Å². The molecular formula is C11H20N2O4. The van der Waals surface area contributed by atoms with Crippen LogP contribution in [-0.2, 0) is 9.53 Å². The third kappa shape index (κ3) is 5.53. The summed E-state index contributed by atoms with van der Waals surface area (Å²) in [6, 6.07) is -0.164. The summed E-state index contributed by atoms with van der Waals surface area (Å²) in [4.78, 5) is 21.5. The van der Waals surface area contributed by atoms with Crippen molar-refractivity contribution in [2.75, 3.05) is 6.54 Å². The molecule has 1 saturated carbocycles. The molecule has 6 heteroatoms. The fraction of sp³-hybridized carbons (Fsp3) is 0.818. The van der Waals surface area contributed by atoms with E-state index in [0.717, 1.165) is 12.8 Å². The number of amides is 2. The largest absolute Gasteiger partial charge is 0.481 e. The summed E-state index contributed by atoms with van der Waals surface area (Å²) < 4.78 is 5.56. The van der Waals surface area contributed by atoms with Crippen LogP contribution in [0.25, 0.3) is 0 Å². The maximum atomic E-state index is 11.3. The Morgan fingerprint density at radius 3 is 2.59 bits per heavy atom. The molecule has 0 aromatic carbocycles. The van der Waals surface area contributed by atoms with Crippen molar-refractivity contribution in [2.45, 2.75) is 51.4 Å². The van der Waals surface area contributed by atoms with Gasteiger partial charge in [0.2, 0.25) is 0 Å². The molecule has 2 amide bonds. The minimum atomic E-state index is -0.917. The molecule has 6 nitrogen and oxygen atoms in total. The van der Waals surface area contributed by atoms with Gasteiger partial charge in [0.05, 0.1) is 18.6 Å². The topological polar surface area (TPSA) is 87.7 Å². The normalized spacial score (nSPS) is 23.0. The standard InChI is InChI=1S/C11H20N2O4/c1-7(2)17-9-5-8(6-9)13-11(16)12-4-3-10(14)15/h7-9H,3-6H2,1-2H3,(H,14,15)(H2,12,13,16). The third-order valence-corrected chi connectivity index (χ3v) is 2.52. The van der Waals surface area contributed by atoms with Crippen LogP contribution in [0.2, 0.25) is 0 Å². The lowest BCUT2D eigenvalue weighted by atomic mass is 9.89. The van der Waals surface area contributed by atoms with E-state index in [9.17, 15) is 9.59 Å². The first-order chi connectivity index (χ1) is 7.97. The number of carbonyl (C=O) groups is 2. The van der Waals surface area contributed by atoms with E-state index in [0.29, 0.717) is 0 Å². The van der Waals surface area contributed by atoms with Gasteiger partial charge in [-0.05, 0) is 26.7 Å². The quantitative estimate of drug-likeness (QED) is 0.642. The third-order valence-electron chi connectivity index (χ3n) is 2.52. The van der Waals surface area contributed by atoms with Crippen LogP contribution in [0.15, 0.2) is 0 Å². The van der Waals surface area contributed by atoms with Crippen LogP contribution in [-0.4, -0.2) is 41.9 Å². The van der Waals surface area contributed by atoms with E-state index in [-0.39, 0.29) is 37.2 Å². The fourth-order valence-electron chi connectivity index (χ4n) is 1.70. The Labute approximate surface area is 101 Å². The molecule has 0 atom stereocenters. The highest BCUT2D eigenvalue weighted by Crippen LogP contribution is 2.24. The first-order valence-electron chi connectivity index (χ1n) is 5.89. The molecule has 0 heterocycles. The Kier molecular flexibility index (Phi) is 5.21. The van der Waals surface area contributed by atoms with Crippen molar-refractivity contribution in [2.24, 2.45) is 0 Å². The summed E-state index contributed by atoms with van der Waals surface area (Å²) in [5.74, 6) is -0.917. The number of carboxylic acids is 1. The van der Waals surface area contributed by atoms with Gasteiger partial charge in [-0.1, -0.05) is 0 Å². The average Bonchev–Trinajstić information content (AvgIpc) is 2.13. The van der Waals surface area contributed by atoms with Gasteiger partial charge in [0.25, 0.3) is 0 Å². The second kappa shape index (κ2) is 6.44. The van der Waals surface area contributed by atoms with Crippen LogP contribution < -0.4 is 10.6 Å². The number of carbonyl (C=O) groups excluding carboxylic acids is 1. The number of rotatable bonds is 6. The van der Waals surface area contributed by atoms with E-state index in [1.165, 1.54) is 0 Å². The lowest BCUT2D eigenvalue weighted by Crippen LogP contribution is -2.51. The van der Waals surface area contributed by atoms with Crippen molar-refractivity contribution in [3.63, 3.8) is 0 Å². The number of hydrogen-bond acceptors (Lipinski definition) is 3. The molecule has 0 bridgehead atoms. The van der Waals surface area contributed by atoms with Crippen molar-refractivity contribution in [1.29, 1.82) is 0 Å². The summed E-state index contributed by atoms with van der Waals surface area (Å²) >= 11 is 0. The van der Waals surface area contributed by atoms with Gasteiger partial charge in [-0.3, -0.25) is 4.79 Å². The van der Waals surface area contributed by atoms with E-state index in [1.54, 1.807) is 0 Å². The SMILES string of the molecule is CC(C)OC1CC(NC(=O)NCCC(=O)O)C1. The van der Waals surface area contributed by atoms with Crippen LogP contribution in [0.4, 0.5) is 4.79 Å². The van der Waals surface area contributed by atoms with E-state index in [4.69, 9.17) is 9.84 Å². The highest BCUT2D eigenvalue weighted by Gasteiger charge is 2.31. The Hall–Kier alpha value is -1.30. The van der Waals surface area contributed by atoms with Crippen LogP contribution in [0, 0.1) is 0 Å². The summed E-state index contributed by atoms with van der Waals surface area (Å²) in [6.45, 7) is 4.12. The Morgan fingerprint density at radius 1 is 1.41 bits per heavy atom. The van der Waals surface area contributed by atoms with Gasteiger partial charge in [-0.25, -0.2) is 4.79 Å². The van der Waals surface area contributed by atoms with Crippen LogP contribution >= 0.6 is 0 Å². The number of aliphatic carboxylic acids is 1. The summed E-state index contributed by atoms with van der Waals surface area (Å²) in [7, 11) is 0. The molecule has 0 aliphatic heterocycles. The lowest BCUT2D eigenvalue weighted by molar-refractivity contribution is -0.136. The second-order valence-corrected chi connectivity index (χ2v) is 4.52. The molecule has 17 heavy (non-hydrogen) atoms. The maximum absolute atomic E-state index is 11.3. The molecule has 3 N–H and O–H groups in total. The van der Waals surface area contributed by atoms with Gasteiger partial charge >= 0.3 is 12.0 Å². The molecule has 1 aliphatic carbocycles. The van der Waals surface area contributed by atoms with Gasteiger partial charge in [0.15, 0.2) is 0 Å². The Balaban J connectivity index is 2.04. The maximum Gasteiger partial charge on any atom is 0.315 e. The smallest absolute Gasteiger partial charge is 0.315 e. The van der Waals surface area contributed by atoms with Crippen molar-refractivity contribution in [3.8, 4) is 0 Å². The van der Waals surface area contributed by atoms with Gasteiger partial charge in [-0.2, -0.15) is 0 Å². The minimum Gasteiger partial charge on any atom is -0.481 e. The number of hydrogen-bond donors (Lipinski definition) is 3. The predicted molar refractivity (Wildman–Crippen MR) is 61.8 cm³/mol. The van der Waals surface area contributed by atoms with E-state index in [2.05, 4.69) is 10.6 Å². The molecule has 98 valence electrons. The number of carboxylic acid groups (broad SMARTS) is 1. The molecule has 0 spiro atoms. The van der Waals surface area contributed by atoms with Gasteiger partial charge < -0.3 is 20.5 Å². The highest BCUT2D eigenvalue weighted by atomic mass is 16.5. The second-order valence-electron chi connectivity index (χ2n) is 4.52. The molecule has 0 saturated heterocycles. The molecule has 1 rings (SSSR count). The number of nitrogens with one attached hydrogen (secondary N) is 2. The number of urea groups is 1. The first-order valence-corrected chi connectivity index (χ1v) is 5.89. The van der Waals surface area contributed by atoms with E-state index in [1.807, 2.05) is 13.8 Å². The van der Waals surface area contributed by atoms with E-state index >= 15 is 0 Å². The van der Waals surface area contributed by atoms with Crippen LogP contribution in [0.1, 0.15) is 33.1 Å². The fourth-order valence-corrected chi connectivity index (χ4v) is 1.70. The zero-order valence-corrected chi connectivity index (χ0v) is 10.2. The first kappa shape index (κ1) is 13.8. The highest BCUT2D eigenvalue weighted by molar-refractivity contribution is 5.75. The van der Waals surface area contributed by atoms with Crippen LogP contribution in [0.5, 0.6) is 0 Å². The van der Waals surface area contributed by atoms with Gasteiger partial charge in [0, 0.05) is 12.6 Å². The molecule has 1 fully saturated rings. The predicted octanol–water partition coefficient (Wildman–Crippen LogP) is 0.716. The molecular weight excluding hydrogens is 224 g/mol. The zero-order chi connectivity index (χ0) is 12.8. The van der Waals surface area contributed by atoms with Crippen LogP contribution in [0.3, 0.4) is 0 Å². The van der Waals surface area contributed by atoms with Crippen molar-refractivity contribution >= 4 is 12.0 Å². The lowest BCUT2D eigenvalue weighted by Gasteiger charge is -2.36. The van der Waals surface area contributed by atoms with E-state index < -0.39 is 5.97 Å². The molecule has 0 unspecified atom stereocenters. The number of ether oxygens (including phenoxy) is 1. The molecule has 1 aliphatic rings. The summed E-state index contributed by atoms with van der Waals surface area (Å²) in [5.41, 5.74) is 0. The molecule has 0 radical (unpaired) electrons. The molecule has 0 aromatic rings. The summed E-state index contributed by atoms with van der Waals surface area (Å²) in [5, 5.41) is 13.7. The summed E-state index contributed by atoms with van der Waals surface area (Å²) in [6.07, 6.45) is 2.04. The molecule has 0 aromatic heterocycles. The Morgan fingerprint density at radius 2 is 2.06 bits per heavy atom. The van der Waals surface area contributed by atoms with Crippen molar-refractivity contribution in [1.82, 2.24) is 10.6 Å². The zero-order valence-electron chi connectivity index (χ0n) is 10.2. The van der Waals surface area contributed by atoms with Crippen molar-refractivity contribution in [3.05, 3.63) is 0 Å². The Bertz CT molecular complexity index is 275. The minimum absolute atomic E-state index is 0.0584. The average molecular weight is 244 g/mol. The van der Waals surface area contributed by atoms with Crippen molar-refractivity contribution < 1.29 is 19.4 Å². The van der Waals surface area contributed by atoms with Gasteiger partial charge in [0.1, 0.15) is 0 Å².